The molecule has 0 aromatic carbocycles. The van der Waals surface area contributed by atoms with Gasteiger partial charge < -0.3 is 14.2 Å². The standard InChI is InChI=1S/C16H24N4O3S/c1-11(2)20-7-4-5-16(14(20)22)6-8-19(10-16)13(21)9-24-15-18-17-12(3)23-15/h11H,4-10H2,1-3H3/t16-/m1/s1. The summed E-state index contributed by atoms with van der Waals surface area (Å²) in [7, 11) is 0. The van der Waals surface area contributed by atoms with Crippen molar-refractivity contribution in [3.05, 3.63) is 5.89 Å². The molecule has 1 atom stereocenters. The summed E-state index contributed by atoms with van der Waals surface area (Å²) in [6.07, 6.45) is 2.67. The summed E-state index contributed by atoms with van der Waals surface area (Å²) in [4.78, 5) is 29.1. The van der Waals surface area contributed by atoms with Gasteiger partial charge in [-0.2, -0.15) is 0 Å². The van der Waals surface area contributed by atoms with E-state index in [1.165, 1.54) is 11.8 Å². The average molecular weight is 352 g/mol. The Labute approximate surface area is 146 Å². The van der Waals surface area contributed by atoms with Crippen LogP contribution in [-0.4, -0.2) is 63.2 Å². The highest BCUT2D eigenvalue weighted by Gasteiger charge is 2.49. The molecule has 0 saturated carbocycles. The molecule has 1 spiro atoms. The van der Waals surface area contributed by atoms with Crippen LogP contribution in [0.4, 0.5) is 0 Å². The Morgan fingerprint density at radius 2 is 2.12 bits per heavy atom. The Balaban J connectivity index is 1.59. The molecule has 3 rings (SSSR count). The first-order valence-electron chi connectivity index (χ1n) is 8.43. The minimum absolute atomic E-state index is 0.0298. The largest absolute Gasteiger partial charge is 0.416 e. The minimum atomic E-state index is -0.371. The highest BCUT2D eigenvalue weighted by atomic mass is 32.2. The van der Waals surface area contributed by atoms with E-state index in [9.17, 15) is 9.59 Å². The fraction of sp³-hybridized carbons (Fsp3) is 0.750. The number of nitrogens with zero attached hydrogens (tertiary/aromatic N) is 4. The summed E-state index contributed by atoms with van der Waals surface area (Å²) in [5.41, 5.74) is -0.371. The van der Waals surface area contributed by atoms with E-state index in [1.54, 1.807) is 6.92 Å². The molecular weight excluding hydrogens is 328 g/mol. The topological polar surface area (TPSA) is 79.5 Å². The number of carbonyl (C=O) groups is 2. The first kappa shape index (κ1) is 17.3. The van der Waals surface area contributed by atoms with E-state index in [4.69, 9.17) is 4.42 Å². The number of amides is 2. The van der Waals surface area contributed by atoms with Crippen LogP contribution < -0.4 is 0 Å². The smallest absolute Gasteiger partial charge is 0.277 e. The summed E-state index contributed by atoms with van der Waals surface area (Å²) >= 11 is 1.25. The fourth-order valence-electron chi connectivity index (χ4n) is 3.61. The molecule has 1 aromatic rings. The molecule has 7 nitrogen and oxygen atoms in total. The maximum atomic E-state index is 12.9. The van der Waals surface area contributed by atoms with Crippen molar-refractivity contribution in [1.82, 2.24) is 20.0 Å². The van der Waals surface area contributed by atoms with Crippen molar-refractivity contribution < 1.29 is 14.0 Å². The number of thioether (sulfide) groups is 1. The van der Waals surface area contributed by atoms with Crippen LogP contribution in [0.5, 0.6) is 0 Å². The van der Waals surface area contributed by atoms with Gasteiger partial charge in [0.15, 0.2) is 0 Å². The highest BCUT2D eigenvalue weighted by Crippen LogP contribution is 2.40. The van der Waals surface area contributed by atoms with Gasteiger partial charge in [-0.05, 0) is 33.1 Å². The number of rotatable bonds is 4. The Hall–Kier alpha value is -1.57. The van der Waals surface area contributed by atoms with Gasteiger partial charge in [0.2, 0.25) is 17.7 Å². The molecule has 0 unspecified atom stereocenters. The average Bonchev–Trinajstić information content (AvgIpc) is 3.15. The molecule has 2 aliphatic rings. The Morgan fingerprint density at radius 1 is 1.33 bits per heavy atom. The second-order valence-electron chi connectivity index (χ2n) is 6.92. The van der Waals surface area contributed by atoms with E-state index in [0.717, 1.165) is 25.8 Å². The molecule has 132 valence electrons. The molecule has 0 aliphatic carbocycles. The molecular formula is C16H24N4O3S. The van der Waals surface area contributed by atoms with Crippen molar-refractivity contribution in [2.24, 2.45) is 5.41 Å². The molecule has 0 bridgehead atoms. The molecule has 2 aliphatic heterocycles. The molecule has 1 aromatic heterocycles. The normalized spacial score (nSPS) is 24.4. The van der Waals surface area contributed by atoms with E-state index in [2.05, 4.69) is 24.0 Å². The summed E-state index contributed by atoms with van der Waals surface area (Å²) in [6.45, 7) is 7.85. The summed E-state index contributed by atoms with van der Waals surface area (Å²) in [6, 6.07) is 0.218. The lowest BCUT2D eigenvalue weighted by Crippen LogP contribution is -2.52. The van der Waals surface area contributed by atoms with Gasteiger partial charge in [-0.25, -0.2) is 0 Å². The van der Waals surface area contributed by atoms with Crippen molar-refractivity contribution in [3.8, 4) is 0 Å². The van der Waals surface area contributed by atoms with Gasteiger partial charge in [0, 0.05) is 32.6 Å². The summed E-state index contributed by atoms with van der Waals surface area (Å²) in [5, 5.41) is 8.05. The van der Waals surface area contributed by atoms with Crippen molar-refractivity contribution in [3.63, 3.8) is 0 Å². The molecule has 8 heteroatoms. The predicted molar refractivity (Wildman–Crippen MR) is 89.5 cm³/mol. The summed E-state index contributed by atoms with van der Waals surface area (Å²) < 4.78 is 5.27. The van der Waals surface area contributed by atoms with Crippen LogP contribution in [0.2, 0.25) is 0 Å². The van der Waals surface area contributed by atoms with Crippen molar-refractivity contribution in [1.29, 1.82) is 0 Å². The van der Waals surface area contributed by atoms with Crippen LogP contribution in [-0.2, 0) is 9.59 Å². The third-order valence-electron chi connectivity index (χ3n) is 4.93. The van der Waals surface area contributed by atoms with Crippen molar-refractivity contribution in [2.75, 3.05) is 25.4 Å². The molecule has 24 heavy (non-hydrogen) atoms. The van der Waals surface area contributed by atoms with Gasteiger partial charge in [-0.1, -0.05) is 11.8 Å². The second-order valence-corrected chi connectivity index (χ2v) is 7.84. The van der Waals surface area contributed by atoms with Crippen LogP contribution in [0.1, 0.15) is 39.0 Å². The quantitative estimate of drug-likeness (QED) is 0.768. The lowest BCUT2D eigenvalue weighted by atomic mass is 9.78. The predicted octanol–water partition coefficient (Wildman–Crippen LogP) is 1.72. The fourth-order valence-corrected chi connectivity index (χ4v) is 4.32. The molecule has 2 fully saturated rings. The highest BCUT2D eigenvalue weighted by molar-refractivity contribution is 7.99. The Kier molecular flexibility index (Phi) is 4.85. The van der Waals surface area contributed by atoms with Crippen LogP contribution in [0.15, 0.2) is 9.64 Å². The molecule has 0 radical (unpaired) electrons. The van der Waals surface area contributed by atoms with Crippen molar-refractivity contribution >= 4 is 23.6 Å². The number of aromatic nitrogens is 2. The second kappa shape index (κ2) is 6.74. The number of hydrogen-bond acceptors (Lipinski definition) is 6. The molecule has 3 heterocycles. The van der Waals surface area contributed by atoms with Gasteiger partial charge in [0.05, 0.1) is 11.2 Å². The summed E-state index contributed by atoms with van der Waals surface area (Å²) in [5.74, 6) is 1.01. The van der Waals surface area contributed by atoms with E-state index in [0.29, 0.717) is 24.2 Å². The van der Waals surface area contributed by atoms with Crippen LogP contribution >= 0.6 is 11.8 Å². The minimum Gasteiger partial charge on any atom is -0.416 e. The number of piperidine rings is 1. The number of carbonyl (C=O) groups excluding carboxylic acids is 2. The maximum absolute atomic E-state index is 12.9. The number of likely N-dealkylation sites (tertiary alicyclic amines) is 2. The molecule has 2 amide bonds. The van der Waals surface area contributed by atoms with Crippen LogP contribution in [0, 0.1) is 12.3 Å². The Morgan fingerprint density at radius 3 is 2.79 bits per heavy atom. The van der Waals surface area contributed by atoms with E-state index in [1.807, 2.05) is 9.80 Å². The molecule has 2 saturated heterocycles. The van der Waals surface area contributed by atoms with E-state index in [-0.39, 0.29) is 29.0 Å². The van der Waals surface area contributed by atoms with Gasteiger partial charge in [0.1, 0.15) is 0 Å². The zero-order valence-electron chi connectivity index (χ0n) is 14.4. The van der Waals surface area contributed by atoms with Gasteiger partial charge in [-0.3, -0.25) is 9.59 Å². The first-order valence-corrected chi connectivity index (χ1v) is 9.42. The van der Waals surface area contributed by atoms with Crippen LogP contribution in [0.3, 0.4) is 0 Å². The van der Waals surface area contributed by atoms with Crippen LogP contribution in [0.25, 0.3) is 0 Å². The zero-order chi connectivity index (χ0) is 17.3. The van der Waals surface area contributed by atoms with Gasteiger partial charge in [-0.15, -0.1) is 10.2 Å². The third-order valence-corrected chi connectivity index (χ3v) is 5.73. The number of hydrogen-bond donors (Lipinski definition) is 0. The first-order chi connectivity index (χ1) is 11.4. The monoisotopic (exact) mass is 352 g/mol. The Bertz CT molecular complexity index is 633. The SMILES string of the molecule is Cc1nnc(SCC(=O)N2CC[C@]3(CCCN(C(C)C)C3=O)C2)o1. The van der Waals surface area contributed by atoms with Gasteiger partial charge >= 0.3 is 0 Å². The third kappa shape index (κ3) is 3.29. The van der Waals surface area contributed by atoms with Gasteiger partial charge in [0.25, 0.3) is 5.22 Å². The maximum Gasteiger partial charge on any atom is 0.277 e. The lowest BCUT2D eigenvalue weighted by molar-refractivity contribution is -0.148. The number of aryl methyl sites for hydroxylation is 1. The van der Waals surface area contributed by atoms with E-state index >= 15 is 0 Å². The van der Waals surface area contributed by atoms with Crippen molar-refractivity contribution in [2.45, 2.75) is 51.3 Å². The molecule has 0 N–H and O–H groups in total. The zero-order valence-corrected chi connectivity index (χ0v) is 15.3. The lowest BCUT2D eigenvalue weighted by Gasteiger charge is -2.41. The van der Waals surface area contributed by atoms with E-state index < -0.39 is 0 Å².